The molecule has 8 heteroatoms. The highest BCUT2D eigenvalue weighted by Crippen LogP contribution is 2.31. The third-order valence-corrected chi connectivity index (χ3v) is 4.21. The molecule has 0 spiro atoms. The van der Waals surface area contributed by atoms with Gasteiger partial charge < -0.3 is 14.2 Å². The zero-order chi connectivity index (χ0) is 19.0. The third kappa shape index (κ3) is 4.42. The van der Waals surface area contributed by atoms with Crippen molar-refractivity contribution in [3.05, 3.63) is 0 Å². The van der Waals surface area contributed by atoms with Gasteiger partial charge in [-0.3, -0.25) is 9.69 Å². The molecule has 2 fully saturated rings. The SMILES string of the molecule is C[C@@H]1COC(=O)N1C(=O)CCC1COC(C)(C)N1C(=O)OC(C)(C)C. The van der Waals surface area contributed by atoms with Gasteiger partial charge in [-0.1, -0.05) is 0 Å². The van der Waals surface area contributed by atoms with Crippen molar-refractivity contribution >= 4 is 18.1 Å². The molecule has 8 nitrogen and oxygen atoms in total. The highest BCUT2D eigenvalue weighted by molar-refractivity contribution is 5.93. The molecule has 2 aliphatic rings. The van der Waals surface area contributed by atoms with Gasteiger partial charge in [-0.15, -0.1) is 0 Å². The first kappa shape index (κ1) is 19.5. The van der Waals surface area contributed by atoms with Crippen LogP contribution in [-0.2, 0) is 19.0 Å². The number of rotatable bonds is 3. The molecule has 0 N–H and O–H groups in total. The van der Waals surface area contributed by atoms with E-state index in [1.165, 1.54) is 4.90 Å². The molecule has 2 atom stereocenters. The average molecular weight is 356 g/mol. The molecule has 2 aliphatic heterocycles. The fourth-order valence-electron chi connectivity index (χ4n) is 3.05. The molecule has 0 radical (unpaired) electrons. The molecule has 0 aromatic carbocycles. The van der Waals surface area contributed by atoms with Crippen LogP contribution in [0.5, 0.6) is 0 Å². The van der Waals surface area contributed by atoms with E-state index in [1.807, 2.05) is 0 Å². The minimum Gasteiger partial charge on any atom is -0.447 e. The largest absolute Gasteiger partial charge is 0.447 e. The molecule has 0 aromatic heterocycles. The lowest BCUT2D eigenvalue weighted by atomic mass is 10.1. The Morgan fingerprint density at radius 3 is 2.44 bits per heavy atom. The molecule has 1 unspecified atom stereocenters. The first-order valence-corrected chi connectivity index (χ1v) is 8.57. The van der Waals surface area contributed by atoms with E-state index in [4.69, 9.17) is 14.2 Å². The van der Waals surface area contributed by atoms with Crippen LogP contribution in [0.3, 0.4) is 0 Å². The van der Waals surface area contributed by atoms with Crippen molar-refractivity contribution in [3.63, 3.8) is 0 Å². The number of cyclic esters (lactones) is 1. The molecule has 0 aliphatic carbocycles. The normalized spacial score (nSPS) is 25.9. The lowest BCUT2D eigenvalue weighted by molar-refractivity contribution is -0.129. The zero-order valence-electron chi connectivity index (χ0n) is 15.8. The van der Waals surface area contributed by atoms with Crippen molar-refractivity contribution in [1.82, 2.24) is 9.80 Å². The molecule has 142 valence electrons. The Kier molecular flexibility index (Phi) is 5.32. The zero-order valence-corrected chi connectivity index (χ0v) is 15.8. The lowest BCUT2D eigenvalue weighted by Crippen LogP contribution is -2.50. The van der Waals surface area contributed by atoms with Crippen molar-refractivity contribution in [2.75, 3.05) is 13.2 Å². The van der Waals surface area contributed by atoms with Gasteiger partial charge in [-0.2, -0.15) is 0 Å². The van der Waals surface area contributed by atoms with Crippen LogP contribution in [0.1, 0.15) is 54.4 Å². The maximum atomic E-state index is 12.5. The summed E-state index contributed by atoms with van der Waals surface area (Å²) in [5, 5.41) is 0. The molecule has 2 saturated heterocycles. The van der Waals surface area contributed by atoms with Gasteiger partial charge in [-0.25, -0.2) is 14.5 Å². The monoisotopic (exact) mass is 356 g/mol. The maximum absolute atomic E-state index is 12.5. The van der Waals surface area contributed by atoms with Gasteiger partial charge >= 0.3 is 12.2 Å². The number of hydrogen-bond acceptors (Lipinski definition) is 6. The number of carbonyl (C=O) groups is 3. The van der Waals surface area contributed by atoms with Gasteiger partial charge in [0.1, 0.15) is 17.9 Å². The number of nitrogens with zero attached hydrogens (tertiary/aromatic N) is 2. The van der Waals surface area contributed by atoms with Crippen molar-refractivity contribution < 1.29 is 28.6 Å². The Hall–Kier alpha value is -1.83. The first-order chi connectivity index (χ1) is 11.4. The second-order valence-corrected chi connectivity index (χ2v) is 7.99. The van der Waals surface area contributed by atoms with Gasteiger partial charge in [0.05, 0.1) is 18.7 Å². The Morgan fingerprint density at radius 2 is 1.92 bits per heavy atom. The summed E-state index contributed by atoms with van der Waals surface area (Å²) in [4.78, 5) is 39.2. The van der Waals surface area contributed by atoms with Gasteiger partial charge in [-0.05, 0) is 48.0 Å². The third-order valence-electron chi connectivity index (χ3n) is 4.21. The average Bonchev–Trinajstić information content (AvgIpc) is 2.93. The molecule has 2 rings (SSSR count). The molecule has 2 heterocycles. The Bertz CT molecular complexity index is 554. The quantitative estimate of drug-likeness (QED) is 0.772. The smallest absolute Gasteiger partial charge is 0.416 e. The van der Waals surface area contributed by atoms with E-state index in [1.54, 1.807) is 41.5 Å². The fourth-order valence-corrected chi connectivity index (χ4v) is 3.05. The fraction of sp³-hybridized carbons (Fsp3) is 0.824. The summed E-state index contributed by atoms with van der Waals surface area (Å²) in [5.74, 6) is -0.302. The van der Waals surface area contributed by atoms with Crippen LogP contribution in [0.2, 0.25) is 0 Å². The minimum atomic E-state index is -0.810. The standard InChI is InChI=1S/C17H28N2O6/c1-11-9-23-14(21)18(11)13(20)8-7-12-10-24-17(5,6)19(12)15(22)25-16(2,3)4/h11-12H,7-10H2,1-6H3/t11-,12?/m1/s1. The van der Waals surface area contributed by atoms with E-state index in [2.05, 4.69) is 0 Å². The van der Waals surface area contributed by atoms with Crippen LogP contribution in [0.4, 0.5) is 9.59 Å². The second-order valence-electron chi connectivity index (χ2n) is 7.99. The molecule has 25 heavy (non-hydrogen) atoms. The molecule has 0 bridgehead atoms. The van der Waals surface area contributed by atoms with Crippen LogP contribution in [0.15, 0.2) is 0 Å². The number of hydrogen-bond donors (Lipinski definition) is 0. The van der Waals surface area contributed by atoms with Crippen molar-refractivity contribution in [3.8, 4) is 0 Å². The van der Waals surface area contributed by atoms with E-state index in [9.17, 15) is 14.4 Å². The van der Waals surface area contributed by atoms with Gasteiger partial charge in [0.25, 0.3) is 0 Å². The van der Waals surface area contributed by atoms with E-state index >= 15 is 0 Å². The minimum absolute atomic E-state index is 0.128. The summed E-state index contributed by atoms with van der Waals surface area (Å²) < 4.78 is 16.1. The summed E-state index contributed by atoms with van der Waals surface area (Å²) >= 11 is 0. The molecule has 3 amide bonds. The highest BCUT2D eigenvalue weighted by Gasteiger charge is 2.46. The lowest BCUT2D eigenvalue weighted by Gasteiger charge is -2.35. The van der Waals surface area contributed by atoms with E-state index in [0.29, 0.717) is 13.0 Å². The first-order valence-electron chi connectivity index (χ1n) is 8.57. The van der Waals surface area contributed by atoms with Crippen LogP contribution < -0.4 is 0 Å². The summed E-state index contributed by atoms with van der Waals surface area (Å²) in [6.07, 6.45) is -0.563. The van der Waals surface area contributed by atoms with Gasteiger partial charge in [0.15, 0.2) is 0 Å². The highest BCUT2D eigenvalue weighted by atomic mass is 16.6. The molecular formula is C17H28N2O6. The molecule has 0 aromatic rings. The van der Waals surface area contributed by atoms with Crippen LogP contribution in [0.25, 0.3) is 0 Å². The van der Waals surface area contributed by atoms with E-state index in [-0.39, 0.29) is 31.0 Å². The summed E-state index contributed by atoms with van der Waals surface area (Å²) in [5.41, 5.74) is -1.43. The maximum Gasteiger partial charge on any atom is 0.416 e. The number of imide groups is 1. The topological polar surface area (TPSA) is 85.4 Å². The molecular weight excluding hydrogens is 328 g/mol. The predicted octanol–water partition coefficient (Wildman–Crippen LogP) is 2.51. The number of carbonyl (C=O) groups excluding carboxylic acids is 3. The van der Waals surface area contributed by atoms with Crippen molar-refractivity contribution in [2.45, 2.75) is 77.8 Å². The van der Waals surface area contributed by atoms with Crippen LogP contribution in [-0.4, -0.2) is 64.5 Å². The molecule has 0 saturated carbocycles. The van der Waals surface area contributed by atoms with Gasteiger partial charge in [0, 0.05) is 6.42 Å². The summed E-state index contributed by atoms with van der Waals surface area (Å²) in [6.45, 7) is 11.3. The van der Waals surface area contributed by atoms with Crippen LogP contribution >= 0.6 is 0 Å². The van der Waals surface area contributed by atoms with Crippen molar-refractivity contribution in [1.29, 1.82) is 0 Å². The Balaban J connectivity index is 2.01. The van der Waals surface area contributed by atoms with Crippen molar-refractivity contribution in [2.24, 2.45) is 0 Å². The van der Waals surface area contributed by atoms with Crippen LogP contribution in [0, 0.1) is 0 Å². The predicted molar refractivity (Wildman–Crippen MR) is 88.8 cm³/mol. The van der Waals surface area contributed by atoms with Gasteiger partial charge in [0.2, 0.25) is 5.91 Å². The van der Waals surface area contributed by atoms with E-state index in [0.717, 1.165) is 4.90 Å². The number of amides is 3. The number of ether oxygens (including phenoxy) is 3. The Morgan fingerprint density at radius 1 is 1.28 bits per heavy atom. The second kappa shape index (κ2) is 6.82. The Labute approximate surface area is 148 Å². The summed E-state index contributed by atoms with van der Waals surface area (Å²) in [7, 11) is 0. The van der Waals surface area contributed by atoms with E-state index < -0.39 is 23.5 Å². The summed E-state index contributed by atoms with van der Waals surface area (Å²) in [6, 6.07) is -0.555.